The molecule has 0 radical (unpaired) electrons. The predicted molar refractivity (Wildman–Crippen MR) is 230 cm³/mol. The molecule has 3 nitrogen and oxygen atoms in total. The van der Waals surface area contributed by atoms with Crippen molar-refractivity contribution in [3.05, 3.63) is 194 Å². The number of para-hydroxylation sites is 2. The topological polar surface area (TPSA) is 41.6 Å². The van der Waals surface area contributed by atoms with Gasteiger partial charge in [-0.3, -0.25) is 4.98 Å². The molecule has 11 aromatic rings. The molecule has 2 aromatic heterocycles. The van der Waals surface area contributed by atoms with Crippen LogP contribution in [-0.4, -0.2) is 9.55 Å². The van der Waals surface area contributed by atoms with E-state index in [9.17, 15) is 5.26 Å². The van der Waals surface area contributed by atoms with Crippen LogP contribution in [0.2, 0.25) is 0 Å². The number of nitrogens with zero attached hydrogens (tertiary/aromatic N) is 3. The van der Waals surface area contributed by atoms with Crippen LogP contribution in [0.1, 0.15) is 5.56 Å². The Kier molecular flexibility index (Phi) is 6.92. The number of aromatic nitrogens is 2. The number of nitriles is 1. The van der Waals surface area contributed by atoms with Crippen molar-refractivity contribution in [1.29, 1.82) is 5.26 Å². The van der Waals surface area contributed by atoms with E-state index in [1.54, 1.807) is 0 Å². The molecule has 0 aliphatic carbocycles. The second-order valence-electron chi connectivity index (χ2n) is 14.2. The van der Waals surface area contributed by atoms with Gasteiger partial charge in [0, 0.05) is 33.6 Å². The van der Waals surface area contributed by atoms with Gasteiger partial charge in [-0.1, -0.05) is 121 Å². The maximum atomic E-state index is 9.86. The quantitative estimate of drug-likeness (QED) is 0.172. The normalized spacial score (nSPS) is 11.6. The smallest absolute Gasteiger partial charge is 0.0991 e. The van der Waals surface area contributed by atoms with Crippen molar-refractivity contribution in [3.8, 4) is 45.1 Å². The molecule has 0 aliphatic heterocycles. The maximum absolute atomic E-state index is 9.86. The highest BCUT2D eigenvalue weighted by Crippen LogP contribution is 2.43. The van der Waals surface area contributed by atoms with E-state index < -0.39 is 0 Å². The molecule has 254 valence electrons. The predicted octanol–water partition coefficient (Wildman–Crippen LogP) is 13.7. The van der Waals surface area contributed by atoms with Gasteiger partial charge in [0.25, 0.3) is 0 Å². The monoisotopic (exact) mass is 697 g/mol. The first-order valence-corrected chi connectivity index (χ1v) is 18.6. The van der Waals surface area contributed by atoms with E-state index in [-0.39, 0.29) is 0 Å². The minimum Gasteiger partial charge on any atom is -0.309 e. The molecule has 0 spiro atoms. The maximum Gasteiger partial charge on any atom is 0.0991 e. The van der Waals surface area contributed by atoms with Gasteiger partial charge in [0.1, 0.15) is 0 Å². The molecular formula is C52H31N3. The van der Waals surface area contributed by atoms with Gasteiger partial charge in [0.05, 0.1) is 28.2 Å². The van der Waals surface area contributed by atoms with Crippen molar-refractivity contribution in [2.24, 2.45) is 0 Å². The zero-order valence-electron chi connectivity index (χ0n) is 29.7. The van der Waals surface area contributed by atoms with Gasteiger partial charge in [0.15, 0.2) is 0 Å². The van der Waals surface area contributed by atoms with Crippen LogP contribution in [0.5, 0.6) is 0 Å². The van der Waals surface area contributed by atoms with Crippen LogP contribution in [0.4, 0.5) is 0 Å². The molecule has 0 bridgehead atoms. The van der Waals surface area contributed by atoms with E-state index in [0.29, 0.717) is 5.56 Å². The van der Waals surface area contributed by atoms with E-state index in [2.05, 4.69) is 168 Å². The Bertz CT molecular complexity index is 3360. The van der Waals surface area contributed by atoms with Crippen molar-refractivity contribution in [3.63, 3.8) is 0 Å². The lowest BCUT2D eigenvalue weighted by atomic mass is 9.87. The molecular weight excluding hydrogens is 667 g/mol. The zero-order valence-corrected chi connectivity index (χ0v) is 29.7. The summed E-state index contributed by atoms with van der Waals surface area (Å²) in [6.45, 7) is 0. The van der Waals surface area contributed by atoms with Gasteiger partial charge in [-0.05, 0) is 121 Å². The Hall–Kier alpha value is -7.54. The van der Waals surface area contributed by atoms with E-state index in [0.717, 1.165) is 55.1 Å². The molecule has 9 aromatic carbocycles. The fraction of sp³-hybridized carbons (Fsp3) is 0. The Labute approximate surface area is 317 Å². The number of fused-ring (bicyclic) bond motifs is 9. The minimum atomic E-state index is 0.656. The lowest BCUT2D eigenvalue weighted by Gasteiger charge is -2.16. The summed E-state index contributed by atoms with van der Waals surface area (Å²) < 4.78 is 2.30. The second-order valence-corrected chi connectivity index (χ2v) is 14.2. The summed E-state index contributed by atoms with van der Waals surface area (Å²) in [4.78, 5) is 4.71. The Morgan fingerprint density at radius 2 is 0.964 bits per heavy atom. The molecule has 0 saturated carbocycles. The average Bonchev–Trinajstić information content (AvgIpc) is 3.59. The molecule has 0 fully saturated rings. The van der Waals surface area contributed by atoms with E-state index in [1.807, 2.05) is 30.5 Å². The first-order valence-electron chi connectivity index (χ1n) is 18.6. The molecule has 55 heavy (non-hydrogen) atoms. The summed E-state index contributed by atoms with van der Waals surface area (Å²) in [5.41, 5.74) is 12.0. The third-order valence-corrected chi connectivity index (χ3v) is 11.2. The van der Waals surface area contributed by atoms with Gasteiger partial charge in [-0.2, -0.15) is 5.26 Å². The third-order valence-electron chi connectivity index (χ3n) is 11.2. The summed E-state index contributed by atoms with van der Waals surface area (Å²) in [6.07, 6.45) is 1.87. The lowest BCUT2D eigenvalue weighted by molar-refractivity contribution is 1.18. The lowest BCUT2D eigenvalue weighted by Crippen LogP contribution is -1.93. The number of hydrogen-bond acceptors (Lipinski definition) is 2. The first-order chi connectivity index (χ1) is 27.2. The van der Waals surface area contributed by atoms with E-state index >= 15 is 0 Å². The van der Waals surface area contributed by atoms with Crippen molar-refractivity contribution in [1.82, 2.24) is 9.55 Å². The van der Waals surface area contributed by atoms with Crippen LogP contribution < -0.4 is 0 Å². The van der Waals surface area contributed by atoms with Gasteiger partial charge in [0.2, 0.25) is 0 Å². The standard InChI is InChI=1S/C52H31N3/c53-32-33-19-25-50-48(28-33)49-29-37(24-26-51(49)55(50)38-12-2-1-3-13-38)45-31-47-42-16-6-4-14-40(42)44(30-46(47)43-17-7-5-15-41(43)45)35-22-20-34(21-23-35)39-18-8-10-36-11-9-27-54-52(36)39/h1-31H. The SMILES string of the molecule is N#Cc1ccc2c(c1)c1cc(-c3cc4c5ccccc5c(-c5ccc(-c6cccc7cccnc67)cc5)cc4c4ccccc34)ccc1n2-c1ccccc1. The van der Waals surface area contributed by atoms with Crippen LogP contribution in [0.25, 0.3) is 104 Å². The van der Waals surface area contributed by atoms with Crippen molar-refractivity contribution in [2.45, 2.75) is 0 Å². The average molecular weight is 698 g/mol. The van der Waals surface area contributed by atoms with Crippen LogP contribution in [0.15, 0.2) is 188 Å². The highest BCUT2D eigenvalue weighted by Gasteiger charge is 2.18. The van der Waals surface area contributed by atoms with Gasteiger partial charge in [-0.15, -0.1) is 0 Å². The molecule has 2 heterocycles. The zero-order chi connectivity index (χ0) is 36.5. The van der Waals surface area contributed by atoms with Crippen molar-refractivity contribution >= 4 is 65.0 Å². The Morgan fingerprint density at radius 1 is 0.400 bits per heavy atom. The van der Waals surface area contributed by atoms with Crippen LogP contribution >= 0.6 is 0 Å². The summed E-state index contributed by atoms with van der Waals surface area (Å²) in [5, 5.41) is 20.5. The highest BCUT2D eigenvalue weighted by molar-refractivity contribution is 6.24. The number of pyridine rings is 1. The molecule has 0 amide bonds. The van der Waals surface area contributed by atoms with E-state index in [1.165, 1.54) is 49.0 Å². The summed E-state index contributed by atoms with van der Waals surface area (Å²) in [5.74, 6) is 0. The Morgan fingerprint density at radius 3 is 1.65 bits per heavy atom. The second kappa shape index (κ2) is 12.3. The van der Waals surface area contributed by atoms with Crippen LogP contribution in [0.3, 0.4) is 0 Å². The largest absolute Gasteiger partial charge is 0.309 e. The summed E-state index contributed by atoms with van der Waals surface area (Å²) in [7, 11) is 0. The molecule has 0 aliphatic rings. The first kappa shape index (κ1) is 31.0. The van der Waals surface area contributed by atoms with Gasteiger partial charge >= 0.3 is 0 Å². The summed E-state index contributed by atoms with van der Waals surface area (Å²) in [6, 6.07) is 67.4. The van der Waals surface area contributed by atoms with Crippen molar-refractivity contribution in [2.75, 3.05) is 0 Å². The fourth-order valence-corrected chi connectivity index (χ4v) is 8.71. The van der Waals surface area contributed by atoms with Crippen LogP contribution in [-0.2, 0) is 0 Å². The number of rotatable bonds is 4. The van der Waals surface area contributed by atoms with Gasteiger partial charge < -0.3 is 4.57 Å². The van der Waals surface area contributed by atoms with Crippen LogP contribution in [0, 0.1) is 11.3 Å². The van der Waals surface area contributed by atoms with Gasteiger partial charge in [-0.25, -0.2) is 0 Å². The molecule has 0 saturated heterocycles. The number of hydrogen-bond donors (Lipinski definition) is 0. The number of benzene rings is 9. The molecule has 11 rings (SSSR count). The minimum absolute atomic E-state index is 0.656. The van der Waals surface area contributed by atoms with E-state index in [4.69, 9.17) is 4.98 Å². The molecule has 0 atom stereocenters. The highest BCUT2D eigenvalue weighted by atomic mass is 15.0. The Balaban J connectivity index is 1.12. The van der Waals surface area contributed by atoms with Crippen molar-refractivity contribution < 1.29 is 0 Å². The molecule has 0 N–H and O–H groups in total. The fourth-order valence-electron chi connectivity index (χ4n) is 8.71. The third kappa shape index (κ3) is 4.86. The molecule has 0 unspecified atom stereocenters. The summed E-state index contributed by atoms with van der Waals surface area (Å²) >= 11 is 0. The molecule has 3 heteroatoms.